The summed E-state index contributed by atoms with van der Waals surface area (Å²) in [5, 5.41) is 6.50. The molecular weight excluding hydrogens is 216 g/mol. The summed E-state index contributed by atoms with van der Waals surface area (Å²) in [5.74, 6) is 0.714. The summed E-state index contributed by atoms with van der Waals surface area (Å²) in [4.78, 5) is 12.4. The topological polar surface area (TPSA) is 50.4 Å². The Morgan fingerprint density at radius 3 is 3.00 bits per heavy atom. The standard InChI is InChI=1S/C13H24N2O2/c1-3-13(5-6-14-9-13)12(16)15-10(2)11-4-7-17-8-11/h10-11,14H,3-9H2,1-2H3,(H,15,16). The van der Waals surface area contributed by atoms with Gasteiger partial charge in [-0.15, -0.1) is 0 Å². The van der Waals surface area contributed by atoms with Crippen LogP contribution in [-0.4, -0.2) is 38.3 Å². The average molecular weight is 240 g/mol. The van der Waals surface area contributed by atoms with Crippen molar-refractivity contribution in [3.05, 3.63) is 0 Å². The molecule has 0 aromatic rings. The van der Waals surface area contributed by atoms with E-state index in [9.17, 15) is 4.79 Å². The van der Waals surface area contributed by atoms with Gasteiger partial charge in [0.15, 0.2) is 0 Å². The van der Waals surface area contributed by atoms with Crippen molar-refractivity contribution >= 4 is 5.91 Å². The maximum atomic E-state index is 12.4. The third-order valence-corrected chi connectivity index (χ3v) is 4.43. The van der Waals surface area contributed by atoms with Crippen LogP contribution in [0.1, 0.15) is 33.1 Å². The minimum atomic E-state index is -0.173. The predicted molar refractivity (Wildman–Crippen MR) is 66.7 cm³/mol. The fraction of sp³-hybridized carbons (Fsp3) is 0.923. The Balaban J connectivity index is 1.90. The van der Waals surface area contributed by atoms with Crippen molar-refractivity contribution in [3.8, 4) is 0 Å². The van der Waals surface area contributed by atoms with Crippen LogP contribution in [0.3, 0.4) is 0 Å². The summed E-state index contributed by atoms with van der Waals surface area (Å²) in [6.07, 6.45) is 2.95. The van der Waals surface area contributed by atoms with Gasteiger partial charge in [-0.25, -0.2) is 0 Å². The summed E-state index contributed by atoms with van der Waals surface area (Å²) >= 11 is 0. The average Bonchev–Trinajstić information content (AvgIpc) is 3.01. The smallest absolute Gasteiger partial charge is 0.227 e. The fourth-order valence-electron chi connectivity index (χ4n) is 2.82. The van der Waals surface area contributed by atoms with E-state index in [0.29, 0.717) is 5.92 Å². The number of carbonyl (C=O) groups excluding carboxylic acids is 1. The third kappa shape index (κ3) is 2.63. The molecule has 4 nitrogen and oxygen atoms in total. The second-order valence-electron chi connectivity index (χ2n) is 5.45. The number of amides is 1. The molecule has 0 aromatic carbocycles. The predicted octanol–water partition coefficient (Wildman–Crippen LogP) is 0.917. The zero-order valence-corrected chi connectivity index (χ0v) is 10.9. The molecule has 1 amide bonds. The van der Waals surface area contributed by atoms with Crippen LogP contribution in [0.2, 0.25) is 0 Å². The third-order valence-electron chi connectivity index (χ3n) is 4.43. The highest BCUT2D eigenvalue weighted by molar-refractivity contribution is 5.83. The van der Waals surface area contributed by atoms with E-state index in [-0.39, 0.29) is 17.4 Å². The van der Waals surface area contributed by atoms with Gasteiger partial charge in [0.1, 0.15) is 0 Å². The number of nitrogens with one attached hydrogen (secondary N) is 2. The van der Waals surface area contributed by atoms with Crippen molar-refractivity contribution in [2.75, 3.05) is 26.3 Å². The van der Waals surface area contributed by atoms with E-state index in [4.69, 9.17) is 4.74 Å². The first-order chi connectivity index (χ1) is 8.18. The van der Waals surface area contributed by atoms with Gasteiger partial charge in [-0.3, -0.25) is 4.79 Å². The maximum absolute atomic E-state index is 12.4. The molecule has 2 fully saturated rings. The molecule has 2 N–H and O–H groups in total. The lowest BCUT2D eigenvalue weighted by molar-refractivity contribution is -0.131. The van der Waals surface area contributed by atoms with Crippen molar-refractivity contribution < 1.29 is 9.53 Å². The number of ether oxygens (including phenoxy) is 1. The molecule has 3 atom stereocenters. The van der Waals surface area contributed by atoms with E-state index < -0.39 is 0 Å². The van der Waals surface area contributed by atoms with Crippen molar-refractivity contribution in [1.29, 1.82) is 0 Å². The molecule has 4 heteroatoms. The number of rotatable bonds is 4. The minimum Gasteiger partial charge on any atom is -0.381 e. The molecule has 2 aliphatic heterocycles. The number of hydrogen-bond donors (Lipinski definition) is 2. The van der Waals surface area contributed by atoms with Gasteiger partial charge < -0.3 is 15.4 Å². The Morgan fingerprint density at radius 2 is 2.47 bits per heavy atom. The molecule has 2 aliphatic rings. The van der Waals surface area contributed by atoms with Gasteiger partial charge >= 0.3 is 0 Å². The molecule has 2 saturated heterocycles. The molecule has 0 bridgehead atoms. The van der Waals surface area contributed by atoms with Crippen LogP contribution < -0.4 is 10.6 Å². The molecule has 2 rings (SSSR count). The SMILES string of the molecule is CCC1(C(=O)NC(C)C2CCOC2)CCNC1. The summed E-state index contributed by atoms with van der Waals surface area (Å²) in [5.41, 5.74) is -0.173. The molecule has 0 radical (unpaired) electrons. The Labute approximate surface area is 103 Å². The number of carbonyl (C=O) groups is 1. The summed E-state index contributed by atoms with van der Waals surface area (Å²) in [6.45, 7) is 7.62. The Morgan fingerprint density at radius 1 is 1.65 bits per heavy atom. The first kappa shape index (κ1) is 12.8. The van der Waals surface area contributed by atoms with Crippen molar-refractivity contribution in [3.63, 3.8) is 0 Å². The van der Waals surface area contributed by atoms with Gasteiger partial charge in [0, 0.05) is 25.1 Å². The molecule has 0 aromatic heterocycles. The zero-order valence-electron chi connectivity index (χ0n) is 10.9. The largest absolute Gasteiger partial charge is 0.381 e. The van der Waals surface area contributed by atoms with Gasteiger partial charge in [-0.1, -0.05) is 6.92 Å². The van der Waals surface area contributed by atoms with E-state index >= 15 is 0 Å². The molecule has 3 unspecified atom stereocenters. The molecule has 98 valence electrons. The molecule has 17 heavy (non-hydrogen) atoms. The van der Waals surface area contributed by atoms with Crippen molar-refractivity contribution in [2.45, 2.75) is 39.2 Å². The van der Waals surface area contributed by atoms with Crippen LogP contribution in [0.25, 0.3) is 0 Å². The summed E-state index contributed by atoms with van der Waals surface area (Å²) in [6, 6.07) is 0.231. The van der Waals surface area contributed by atoms with Crippen LogP contribution in [-0.2, 0) is 9.53 Å². The summed E-state index contributed by atoms with van der Waals surface area (Å²) < 4.78 is 5.37. The van der Waals surface area contributed by atoms with Crippen LogP contribution >= 0.6 is 0 Å². The molecule has 0 aliphatic carbocycles. The lowest BCUT2D eigenvalue weighted by Gasteiger charge is -2.29. The van der Waals surface area contributed by atoms with Crippen LogP contribution in [0.5, 0.6) is 0 Å². The molecule has 0 spiro atoms. The monoisotopic (exact) mass is 240 g/mol. The van der Waals surface area contributed by atoms with E-state index in [0.717, 1.165) is 45.6 Å². The van der Waals surface area contributed by atoms with E-state index in [1.54, 1.807) is 0 Å². The maximum Gasteiger partial charge on any atom is 0.227 e. The zero-order chi connectivity index (χ0) is 12.3. The number of hydrogen-bond acceptors (Lipinski definition) is 3. The lowest BCUT2D eigenvalue weighted by Crippen LogP contribution is -2.48. The molecular formula is C13H24N2O2. The van der Waals surface area contributed by atoms with Gasteiger partial charge in [0.05, 0.1) is 12.0 Å². The normalized spacial score (nSPS) is 34.8. The Kier molecular flexibility index (Phi) is 4.05. The lowest BCUT2D eigenvalue weighted by atomic mass is 9.82. The molecule has 0 saturated carbocycles. The van der Waals surface area contributed by atoms with Crippen LogP contribution in [0, 0.1) is 11.3 Å². The quantitative estimate of drug-likeness (QED) is 0.768. The van der Waals surface area contributed by atoms with Gasteiger partial charge in [-0.2, -0.15) is 0 Å². The van der Waals surface area contributed by atoms with Crippen molar-refractivity contribution in [1.82, 2.24) is 10.6 Å². The second kappa shape index (κ2) is 5.36. The summed E-state index contributed by atoms with van der Waals surface area (Å²) in [7, 11) is 0. The van der Waals surface area contributed by atoms with E-state index in [1.165, 1.54) is 0 Å². The van der Waals surface area contributed by atoms with Gasteiger partial charge in [0.25, 0.3) is 0 Å². The van der Waals surface area contributed by atoms with Crippen LogP contribution in [0.15, 0.2) is 0 Å². The van der Waals surface area contributed by atoms with Gasteiger partial charge in [-0.05, 0) is 32.7 Å². The van der Waals surface area contributed by atoms with Crippen molar-refractivity contribution in [2.24, 2.45) is 11.3 Å². The minimum absolute atomic E-state index is 0.173. The first-order valence-electron chi connectivity index (χ1n) is 6.77. The van der Waals surface area contributed by atoms with E-state index in [1.807, 2.05) is 0 Å². The van der Waals surface area contributed by atoms with Gasteiger partial charge in [0.2, 0.25) is 5.91 Å². The Bertz CT molecular complexity index is 269. The highest BCUT2D eigenvalue weighted by Gasteiger charge is 2.40. The fourth-order valence-corrected chi connectivity index (χ4v) is 2.82. The highest BCUT2D eigenvalue weighted by Crippen LogP contribution is 2.30. The second-order valence-corrected chi connectivity index (χ2v) is 5.45. The molecule has 2 heterocycles. The highest BCUT2D eigenvalue weighted by atomic mass is 16.5. The first-order valence-corrected chi connectivity index (χ1v) is 6.77. The van der Waals surface area contributed by atoms with E-state index in [2.05, 4.69) is 24.5 Å². The Hall–Kier alpha value is -0.610. The van der Waals surface area contributed by atoms with Crippen LogP contribution in [0.4, 0.5) is 0 Å².